The lowest BCUT2D eigenvalue weighted by molar-refractivity contribution is -0.121. The number of rotatable bonds is 7. The third-order valence-electron chi connectivity index (χ3n) is 4.82. The first-order valence-electron chi connectivity index (χ1n) is 9.64. The van der Waals surface area contributed by atoms with Crippen LogP contribution < -0.4 is 15.4 Å². The lowest BCUT2D eigenvalue weighted by Gasteiger charge is -2.25. The van der Waals surface area contributed by atoms with Crippen LogP contribution in [-0.4, -0.2) is 37.8 Å². The van der Waals surface area contributed by atoms with Crippen LogP contribution in [0.3, 0.4) is 0 Å². The summed E-state index contributed by atoms with van der Waals surface area (Å²) < 4.78 is 9.92. The number of hydrogen-bond donors (Lipinski definition) is 2. The van der Waals surface area contributed by atoms with E-state index in [2.05, 4.69) is 16.7 Å². The maximum Gasteiger partial charge on any atom is 0.337 e. The number of para-hydroxylation sites is 2. The van der Waals surface area contributed by atoms with Gasteiger partial charge in [-0.15, -0.1) is 0 Å². The number of ether oxygens (including phenoxy) is 2. The van der Waals surface area contributed by atoms with Crippen LogP contribution in [0.1, 0.15) is 28.3 Å². The zero-order valence-electron chi connectivity index (χ0n) is 17.5. The monoisotopic (exact) mass is 451 g/mol. The second kappa shape index (κ2) is 10.5. The van der Waals surface area contributed by atoms with Crippen LogP contribution in [0.4, 0.5) is 5.69 Å². The largest absolute Gasteiger partial charge is 0.495 e. The highest BCUT2D eigenvalue weighted by Crippen LogP contribution is 2.36. The number of anilines is 1. The van der Waals surface area contributed by atoms with Crippen molar-refractivity contribution in [2.45, 2.75) is 12.3 Å². The molecule has 0 aromatic heterocycles. The standard InChI is InChI=1S/C23H21N3O5S/c1-30-19-6-4-3-5-18(19)25-21(28)13-32-22-17(12-24)16(11-20(27)26-22)14-7-9-15(10-8-14)23(29)31-2/h3-10,16H,11,13H2,1-2H3,(H,25,28)(H,26,27)/t16-/m1/s1. The Morgan fingerprint density at radius 2 is 1.91 bits per heavy atom. The van der Waals surface area contributed by atoms with Crippen LogP contribution in [0.5, 0.6) is 5.75 Å². The molecule has 0 spiro atoms. The first kappa shape index (κ1) is 22.9. The molecule has 9 heteroatoms. The Labute approximate surface area is 189 Å². The highest BCUT2D eigenvalue weighted by molar-refractivity contribution is 8.03. The number of nitrogens with zero attached hydrogens (tertiary/aromatic N) is 1. The Hall–Kier alpha value is -3.77. The second-order valence-corrected chi connectivity index (χ2v) is 7.80. The molecule has 1 aliphatic heterocycles. The molecule has 164 valence electrons. The van der Waals surface area contributed by atoms with E-state index in [9.17, 15) is 19.6 Å². The Kier molecular flexibility index (Phi) is 7.52. The van der Waals surface area contributed by atoms with Gasteiger partial charge in [0.2, 0.25) is 11.8 Å². The van der Waals surface area contributed by atoms with E-state index < -0.39 is 11.9 Å². The molecular formula is C23H21N3O5S. The summed E-state index contributed by atoms with van der Waals surface area (Å²) in [5, 5.41) is 15.6. The van der Waals surface area contributed by atoms with Crippen LogP contribution >= 0.6 is 11.8 Å². The molecule has 1 aliphatic rings. The van der Waals surface area contributed by atoms with Gasteiger partial charge in [0.25, 0.3) is 0 Å². The van der Waals surface area contributed by atoms with Crippen LogP contribution in [0.15, 0.2) is 59.1 Å². The molecule has 2 aromatic carbocycles. The maximum absolute atomic E-state index is 12.4. The predicted octanol–water partition coefficient (Wildman–Crippen LogP) is 3.19. The molecule has 0 radical (unpaired) electrons. The maximum atomic E-state index is 12.4. The van der Waals surface area contributed by atoms with Crippen molar-refractivity contribution in [2.24, 2.45) is 0 Å². The SMILES string of the molecule is COC(=O)c1ccc([C@H]2CC(=O)NC(SCC(=O)Nc3ccccc3OC)=C2C#N)cc1. The number of carbonyl (C=O) groups is 3. The molecule has 0 saturated heterocycles. The Morgan fingerprint density at radius 1 is 1.19 bits per heavy atom. The van der Waals surface area contributed by atoms with Crippen molar-refractivity contribution in [2.75, 3.05) is 25.3 Å². The number of amides is 2. The van der Waals surface area contributed by atoms with Gasteiger partial charge in [0.1, 0.15) is 5.75 Å². The summed E-state index contributed by atoms with van der Waals surface area (Å²) in [7, 11) is 2.81. The van der Waals surface area contributed by atoms with Crippen molar-refractivity contribution in [3.8, 4) is 11.8 Å². The summed E-state index contributed by atoms with van der Waals surface area (Å²) in [5.74, 6) is -0.968. The summed E-state index contributed by atoms with van der Waals surface area (Å²) in [4.78, 5) is 36.4. The fourth-order valence-corrected chi connectivity index (χ4v) is 4.14. The van der Waals surface area contributed by atoms with Crippen molar-refractivity contribution in [3.63, 3.8) is 0 Å². The number of carbonyl (C=O) groups excluding carboxylic acids is 3. The molecule has 2 N–H and O–H groups in total. The quantitative estimate of drug-likeness (QED) is 0.621. The number of nitrogens with one attached hydrogen (secondary N) is 2. The van der Waals surface area contributed by atoms with Crippen LogP contribution in [0, 0.1) is 11.3 Å². The van der Waals surface area contributed by atoms with E-state index in [4.69, 9.17) is 9.47 Å². The van der Waals surface area contributed by atoms with Crippen LogP contribution in [0.25, 0.3) is 0 Å². The van der Waals surface area contributed by atoms with Crippen molar-refractivity contribution >= 4 is 35.2 Å². The minimum Gasteiger partial charge on any atom is -0.495 e. The third kappa shape index (κ3) is 5.28. The fraction of sp³-hybridized carbons (Fsp3) is 0.217. The van der Waals surface area contributed by atoms with E-state index in [1.807, 2.05) is 0 Å². The van der Waals surface area contributed by atoms with E-state index in [0.29, 0.717) is 27.6 Å². The molecule has 8 nitrogen and oxygen atoms in total. The number of benzene rings is 2. The Morgan fingerprint density at radius 3 is 2.56 bits per heavy atom. The molecule has 0 saturated carbocycles. The van der Waals surface area contributed by atoms with E-state index in [1.54, 1.807) is 48.5 Å². The molecular weight excluding hydrogens is 430 g/mol. The zero-order chi connectivity index (χ0) is 23.1. The number of nitriles is 1. The van der Waals surface area contributed by atoms with Gasteiger partial charge < -0.3 is 20.1 Å². The first-order chi connectivity index (χ1) is 15.5. The number of hydrogen-bond acceptors (Lipinski definition) is 7. The summed E-state index contributed by atoms with van der Waals surface area (Å²) >= 11 is 1.08. The van der Waals surface area contributed by atoms with Gasteiger partial charge in [0, 0.05) is 12.3 Å². The van der Waals surface area contributed by atoms with E-state index >= 15 is 0 Å². The van der Waals surface area contributed by atoms with Crippen molar-refractivity contribution < 1.29 is 23.9 Å². The minimum atomic E-state index is -0.472. The highest BCUT2D eigenvalue weighted by Gasteiger charge is 2.30. The number of esters is 1. The Bertz CT molecular complexity index is 1110. The highest BCUT2D eigenvalue weighted by atomic mass is 32.2. The minimum absolute atomic E-state index is 0.00710. The van der Waals surface area contributed by atoms with Gasteiger partial charge in [-0.3, -0.25) is 9.59 Å². The molecule has 0 fully saturated rings. The van der Waals surface area contributed by atoms with Gasteiger partial charge in [-0.1, -0.05) is 36.0 Å². The van der Waals surface area contributed by atoms with E-state index in [0.717, 1.165) is 17.3 Å². The molecule has 0 aliphatic carbocycles. The van der Waals surface area contributed by atoms with Gasteiger partial charge in [0.05, 0.1) is 47.9 Å². The third-order valence-corrected chi connectivity index (χ3v) is 5.84. The molecule has 2 aromatic rings. The van der Waals surface area contributed by atoms with Crippen LogP contribution in [-0.2, 0) is 14.3 Å². The van der Waals surface area contributed by atoms with Crippen LogP contribution in [0.2, 0.25) is 0 Å². The molecule has 0 unspecified atom stereocenters. The van der Waals surface area contributed by atoms with Crippen molar-refractivity contribution in [1.82, 2.24) is 5.32 Å². The van der Waals surface area contributed by atoms with Gasteiger partial charge in [0.15, 0.2) is 0 Å². The van der Waals surface area contributed by atoms with Crippen molar-refractivity contribution in [1.29, 1.82) is 5.26 Å². The van der Waals surface area contributed by atoms with Gasteiger partial charge in [-0.2, -0.15) is 5.26 Å². The fourth-order valence-electron chi connectivity index (χ4n) is 3.26. The molecule has 1 atom stereocenters. The van der Waals surface area contributed by atoms with E-state index in [1.165, 1.54) is 14.2 Å². The molecule has 1 heterocycles. The topological polar surface area (TPSA) is 118 Å². The van der Waals surface area contributed by atoms with Gasteiger partial charge in [-0.25, -0.2) is 4.79 Å². The molecule has 0 bridgehead atoms. The summed E-state index contributed by atoms with van der Waals surface area (Å²) in [5.41, 5.74) is 2.00. The smallest absolute Gasteiger partial charge is 0.337 e. The number of methoxy groups -OCH3 is 2. The predicted molar refractivity (Wildman–Crippen MR) is 120 cm³/mol. The lowest BCUT2D eigenvalue weighted by Crippen LogP contribution is -2.31. The average Bonchev–Trinajstić information content (AvgIpc) is 2.82. The second-order valence-electron chi connectivity index (χ2n) is 6.81. The van der Waals surface area contributed by atoms with Crippen molar-refractivity contribution in [3.05, 3.63) is 70.3 Å². The lowest BCUT2D eigenvalue weighted by atomic mass is 9.87. The summed E-state index contributed by atoms with van der Waals surface area (Å²) in [6, 6.07) is 15.8. The molecule has 32 heavy (non-hydrogen) atoms. The van der Waals surface area contributed by atoms with E-state index in [-0.39, 0.29) is 24.0 Å². The summed E-state index contributed by atoms with van der Waals surface area (Å²) in [6.07, 6.45) is 0.0952. The first-order valence-corrected chi connectivity index (χ1v) is 10.6. The van der Waals surface area contributed by atoms with Gasteiger partial charge in [-0.05, 0) is 29.8 Å². The normalized spacial score (nSPS) is 15.4. The molecule has 2 amide bonds. The summed E-state index contributed by atoms with van der Waals surface area (Å²) in [6.45, 7) is 0. The van der Waals surface area contributed by atoms with Gasteiger partial charge >= 0.3 is 5.97 Å². The average molecular weight is 452 g/mol. The Balaban J connectivity index is 1.76. The number of allylic oxidation sites excluding steroid dienone is 1. The number of thioether (sulfide) groups is 1. The molecule has 3 rings (SSSR count). The zero-order valence-corrected chi connectivity index (χ0v) is 18.3.